The van der Waals surface area contributed by atoms with Crippen molar-refractivity contribution in [2.75, 3.05) is 5.32 Å². The number of amides is 1. The van der Waals surface area contributed by atoms with Gasteiger partial charge in [-0.1, -0.05) is 53.5 Å². The number of hydrogen-bond acceptors (Lipinski definition) is 3. The molecule has 0 aromatic heterocycles. The van der Waals surface area contributed by atoms with Crippen molar-refractivity contribution >= 4 is 40.9 Å². The molecule has 1 amide bonds. The van der Waals surface area contributed by atoms with Crippen LogP contribution in [0.4, 0.5) is 10.1 Å². The van der Waals surface area contributed by atoms with E-state index in [9.17, 15) is 14.4 Å². The summed E-state index contributed by atoms with van der Waals surface area (Å²) in [4.78, 5) is 12.4. The van der Waals surface area contributed by atoms with Crippen LogP contribution in [0.3, 0.4) is 0 Å². The van der Waals surface area contributed by atoms with Crippen LogP contribution < -0.4 is 10.1 Å². The fourth-order valence-corrected chi connectivity index (χ4v) is 3.10. The molecule has 0 atom stereocenters. The van der Waals surface area contributed by atoms with E-state index in [1.165, 1.54) is 12.1 Å². The van der Waals surface area contributed by atoms with E-state index in [1.807, 2.05) is 13.0 Å². The van der Waals surface area contributed by atoms with Gasteiger partial charge in [0, 0.05) is 16.3 Å². The van der Waals surface area contributed by atoms with Crippen molar-refractivity contribution in [3.63, 3.8) is 0 Å². The van der Waals surface area contributed by atoms with Crippen LogP contribution in [0.5, 0.6) is 5.75 Å². The molecule has 0 aliphatic carbocycles. The first kappa shape index (κ1) is 22.4. The van der Waals surface area contributed by atoms with Crippen molar-refractivity contribution in [2.24, 2.45) is 0 Å². The molecule has 7 heteroatoms. The minimum Gasteiger partial charge on any atom is -0.487 e. The zero-order valence-corrected chi connectivity index (χ0v) is 18.0. The van der Waals surface area contributed by atoms with Crippen LogP contribution in [0, 0.1) is 24.1 Å². The predicted octanol–water partition coefficient (Wildman–Crippen LogP) is 6.57. The number of halogens is 3. The average Bonchev–Trinajstić information content (AvgIpc) is 2.75. The molecule has 3 rings (SSSR count). The number of carbonyl (C=O) groups is 1. The number of rotatable bonds is 6. The van der Waals surface area contributed by atoms with Crippen molar-refractivity contribution in [1.82, 2.24) is 0 Å². The van der Waals surface area contributed by atoms with Crippen LogP contribution >= 0.6 is 23.2 Å². The molecular formula is C24H17Cl2FN2O2. The molecule has 0 radical (unpaired) electrons. The van der Waals surface area contributed by atoms with Gasteiger partial charge < -0.3 is 10.1 Å². The van der Waals surface area contributed by atoms with Gasteiger partial charge in [-0.2, -0.15) is 5.26 Å². The third-order valence-electron chi connectivity index (χ3n) is 4.40. The fraction of sp³-hybridized carbons (Fsp3) is 0.0833. The molecule has 0 heterocycles. The monoisotopic (exact) mass is 454 g/mol. The van der Waals surface area contributed by atoms with Gasteiger partial charge in [-0.3, -0.25) is 4.79 Å². The summed E-state index contributed by atoms with van der Waals surface area (Å²) in [6.07, 6.45) is 1.41. The van der Waals surface area contributed by atoms with Gasteiger partial charge in [-0.25, -0.2) is 4.39 Å². The van der Waals surface area contributed by atoms with Gasteiger partial charge in [0.25, 0.3) is 5.91 Å². The van der Waals surface area contributed by atoms with Crippen LogP contribution in [0.25, 0.3) is 6.08 Å². The lowest BCUT2D eigenvalue weighted by Crippen LogP contribution is -2.13. The molecule has 0 aliphatic heterocycles. The minimum absolute atomic E-state index is 0.0204. The molecular weight excluding hydrogens is 438 g/mol. The first-order chi connectivity index (χ1) is 14.9. The number of nitriles is 1. The zero-order chi connectivity index (χ0) is 22.4. The molecule has 4 nitrogen and oxygen atoms in total. The lowest BCUT2D eigenvalue weighted by molar-refractivity contribution is -0.112. The number of anilines is 1. The lowest BCUT2D eigenvalue weighted by atomic mass is 10.1. The number of hydrogen-bond donors (Lipinski definition) is 1. The van der Waals surface area contributed by atoms with Gasteiger partial charge in [-0.15, -0.1) is 0 Å². The van der Waals surface area contributed by atoms with Crippen LogP contribution in [0.1, 0.15) is 16.7 Å². The van der Waals surface area contributed by atoms with E-state index in [-0.39, 0.29) is 23.0 Å². The summed E-state index contributed by atoms with van der Waals surface area (Å²) in [7, 11) is 0. The van der Waals surface area contributed by atoms with Crippen LogP contribution in [-0.4, -0.2) is 5.91 Å². The summed E-state index contributed by atoms with van der Waals surface area (Å²) in [5.74, 6) is -0.574. The maximum absolute atomic E-state index is 13.7. The number of aryl methyl sites for hydroxylation is 1. The molecule has 1 N–H and O–H groups in total. The van der Waals surface area contributed by atoms with E-state index in [1.54, 1.807) is 54.6 Å². The number of nitrogens with zero attached hydrogens (tertiary/aromatic N) is 1. The molecule has 0 spiro atoms. The SMILES string of the molecule is Cc1ccc(NC(=O)/C(C#N)=C/c2ccc(OCc3ccccc3F)c(Cl)c2)cc1Cl. The molecule has 0 unspecified atom stereocenters. The van der Waals surface area contributed by atoms with Crippen molar-refractivity contribution in [2.45, 2.75) is 13.5 Å². The van der Waals surface area contributed by atoms with Gasteiger partial charge in [-0.05, 0) is 54.5 Å². The topological polar surface area (TPSA) is 62.1 Å². The standard InChI is InChI=1S/C24H17Cl2FN2O2/c1-15-6-8-19(12-20(15)25)29-24(30)18(13-28)10-16-7-9-23(21(26)11-16)31-14-17-4-2-3-5-22(17)27/h2-12H,14H2,1H3,(H,29,30)/b18-10+. The summed E-state index contributed by atoms with van der Waals surface area (Å²) >= 11 is 12.3. The maximum Gasteiger partial charge on any atom is 0.266 e. The molecule has 31 heavy (non-hydrogen) atoms. The van der Waals surface area contributed by atoms with E-state index in [0.29, 0.717) is 27.6 Å². The van der Waals surface area contributed by atoms with Crippen LogP contribution in [-0.2, 0) is 11.4 Å². The molecule has 0 saturated heterocycles. The summed E-state index contributed by atoms with van der Waals surface area (Å²) in [5, 5.41) is 12.8. The van der Waals surface area contributed by atoms with E-state index in [4.69, 9.17) is 27.9 Å². The highest BCUT2D eigenvalue weighted by molar-refractivity contribution is 6.32. The quantitative estimate of drug-likeness (QED) is 0.338. The Morgan fingerprint density at radius 3 is 2.58 bits per heavy atom. The number of benzene rings is 3. The first-order valence-corrected chi connectivity index (χ1v) is 9.98. The normalized spacial score (nSPS) is 11.0. The summed E-state index contributed by atoms with van der Waals surface area (Å²) in [6.45, 7) is 1.87. The van der Waals surface area contributed by atoms with E-state index in [2.05, 4.69) is 5.32 Å². The summed E-state index contributed by atoms with van der Waals surface area (Å²) in [5.41, 5.74) is 2.20. The van der Waals surface area contributed by atoms with Crippen molar-refractivity contribution < 1.29 is 13.9 Å². The maximum atomic E-state index is 13.7. The number of ether oxygens (including phenoxy) is 1. The van der Waals surface area contributed by atoms with Gasteiger partial charge in [0.05, 0.1) is 5.02 Å². The number of carbonyl (C=O) groups excluding carboxylic acids is 1. The molecule has 3 aromatic rings. The lowest BCUT2D eigenvalue weighted by Gasteiger charge is -2.10. The molecule has 0 bridgehead atoms. The zero-order valence-electron chi connectivity index (χ0n) is 16.5. The van der Waals surface area contributed by atoms with Crippen molar-refractivity contribution in [1.29, 1.82) is 5.26 Å². The van der Waals surface area contributed by atoms with Gasteiger partial charge in [0.1, 0.15) is 29.8 Å². The average molecular weight is 455 g/mol. The highest BCUT2D eigenvalue weighted by Gasteiger charge is 2.12. The Labute approximate surface area is 189 Å². The van der Waals surface area contributed by atoms with Crippen molar-refractivity contribution in [3.8, 4) is 11.8 Å². The Bertz CT molecular complexity index is 1200. The van der Waals surface area contributed by atoms with E-state index in [0.717, 1.165) is 5.56 Å². The van der Waals surface area contributed by atoms with Gasteiger partial charge in [0.2, 0.25) is 0 Å². The first-order valence-electron chi connectivity index (χ1n) is 9.22. The third kappa shape index (κ3) is 5.85. The van der Waals surface area contributed by atoms with Crippen LogP contribution in [0.2, 0.25) is 10.0 Å². The summed E-state index contributed by atoms with van der Waals surface area (Å²) < 4.78 is 19.3. The predicted molar refractivity (Wildman–Crippen MR) is 121 cm³/mol. The van der Waals surface area contributed by atoms with E-state index >= 15 is 0 Å². The second-order valence-corrected chi connectivity index (χ2v) is 7.47. The van der Waals surface area contributed by atoms with Gasteiger partial charge >= 0.3 is 0 Å². The molecule has 156 valence electrons. The third-order valence-corrected chi connectivity index (χ3v) is 5.11. The molecule has 0 saturated carbocycles. The Morgan fingerprint density at radius 1 is 1.13 bits per heavy atom. The second kappa shape index (κ2) is 10.1. The fourth-order valence-electron chi connectivity index (χ4n) is 2.68. The Balaban J connectivity index is 1.72. The highest BCUT2D eigenvalue weighted by atomic mass is 35.5. The Hall–Kier alpha value is -3.33. The minimum atomic E-state index is -0.571. The smallest absolute Gasteiger partial charge is 0.266 e. The molecule has 0 aliphatic rings. The second-order valence-electron chi connectivity index (χ2n) is 6.66. The number of nitrogens with one attached hydrogen (secondary N) is 1. The molecule has 0 fully saturated rings. The highest BCUT2D eigenvalue weighted by Crippen LogP contribution is 2.28. The largest absolute Gasteiger partial charge is 0.487 e. The Kier molecular flexibility index (Phi) is 7.30. The van der Waals surface area contributed by atoms with Gasteiger partial charge in [0.15, 0.2) is 0 Å². The molecule has 3 aromatic carbocycles. The van der Waals surface area contributed by atoms with Crippen LogP contribution in [0.15, 0.2) is 66.2 Å². The van der Waals surface area contributed by atoms with Crippen molar-refractivity contribution in [3.05, 3.63) is 98.8 Å². The Morgan fingerprint density at radius 2 is 1.90 bits per heavy atom. The van der Waals surface area contributed by atoms with E-state index < -0.39 is 5.91 Å². The summed E-state index contributed by atoms with van der Waals surface area (Å²) in [6, 6.07) is 18.1.